The lowest BCUT2D eigenvalue weighted by atomic mass is 9.92. The maximum atomic E-state index is 12.0. The highest BCUT2D eigenvalue weighted by Crippen LogP contribution is 2.23. The van der Waals surface area contributed by atoms with Crippen LogP contribution in [0.1, 0.15) is 85.5 Å². The Labute approximate surface area is 180 Å². The molecule has 0 spiro atoms. The van der Waals surface area contributed by atoms with Gasteiger partial charge in [0.05, 0.1) is 0 Å². The van der Waals surface area contributed by atoms with Gasteiger partial charge in [0.25, 0.3) is 0 Å². The number of carbonyl (C=O) groups is 4. The summed E-state index contributed by atoms with van der Waals surface area (Å²) in [6.07, 6.45) is 4.35. The normalized spacial score (nSPS) is 10.9. The SMILES string of the molecule is CCCCC(=O)OCC(COC(=O)CCC)(COC(=O)CCC)COC(=O)CCC. The molecule has 0 N–H and O–H groups in total. The molecular formula is C22H38O8. The molecule has 8 heteroatoms. The number of carbonyl (C=O) groups excluding carboxylic acids is 4. The smallest absolute Gasteiger partial charge is 0.305 e. The second-order valence-electron chi connectivity index (χ2n) is 7.50. The predicted octanol–water partition coefficient (Wildman–Crippen LogP) is 3.74. The van der Waals surface area contributed by atoms with Crippen molar-refractivity contribution in [1.82, 2.24) is 0 Å². The van der Waals surface area contributed by atoms with Crippen LogP contribution in [0.15, 0.2) is 0 Å². The standard InChI is InChI=1S/C22H38O8/c1-5-9-13-21(26)30-17-22(14-27-18(23)10-6-2,15-28-19(24)11-7-3)16-29-20(25)12-8-4/h5-17H2,1-4H3. The molecule has 0 fully saturated rings. The molecule has 0 aromatic heterocycles. The molecule has 0 aromatic rings. The lowest BCUT2D eigenvalue weighted by molar-refractivity contribution is -0.170. The zero-order valence-electron chi connectivity index (χ0n) is 19.0. The summed E-state index contributed by atoms with van der Waals surface area (Å²) in [7, 11) is 0. The topological polar surface area (TPSA) is 105 Å². The van der Waals surface area contributed by atoms with Gasteiger partial charge >= 0.3 is 23.9 Å². The lowest BCUT2D eigenvalue weighted by Crippen LogP contribution is -2.44. The van der Waals surface area contributed by atoms with E-state index in [1.54, 1.807) is 0 Å². The van der Waals surface area contributed by atoms with E-state index in [2.05, 4.69) is 0 Å². The van der Waals surface area contributed by atoms with Crippen LogP contribution in [0.2, 0.25) is 0 Å². The molecule has 8 nitrogen and oxygen atoms in total. The summed E-state index contributed by atoms with van der Waals surface area (Å²) in [4.78, 5) is 47.7. The molecule has 0 aromatic carbocycles. The second kappa shape index (κ2) is 16.7. The van der Waals surface area contributed by atoms with E-state index in [0.717, 1.165) is 6.42 Å². The second-order valence-corrected chi connectivity index (χ2v) is 7.50. The number of hydrogen-bond acceptors (Lipinski definition) is 8. The maximum absolute atomic E-state index is 12.0. The highest BCUT2D eigenvalue weighted by atomic mass is 16.6. The first-order valence-corrected chi connectivity index (χ1v) is 10.9. The van der Waals surface area contributed by atoms with Gasteiger partial charge in [-0.2, -0.15) is 0 Å². The Balaban J connectivity index is 5.36. The Morgan fingerprint density at radius 2 is 0.800 bits per heavy atom. The van der Waals surface area contributed by atoms with Crippen LogP contribution in [0.5, 0.6) is 0 Å². The first-order chi connectivity index (χ1) is 14.3. The molecule has 0 rings (SSSR count). The molecule has 0 heterocycles. The highest BCUT2D eigenvalue weighted by Gasteiger charge is 2.37. The van der Waals surface area contributed by atoms with Crippen LogP contribution in [-0.4, -0.2) is 50.3 Å². The molecule has 0 aliphatic heterocycles. The third-order valence-electron chi connectivity index (χ3n) is 4.25. The molecule has 0 radical (unpaired) electrons. The minimum Gasteiger partial charge on any atom is -0.465 e. The highest BCUT2D eigenvalue weighted by molar-refractivity contribution is 5.71. The summed E-state index contributed by atoms with van der Waals surface area (Å²) in [5.74, 6) is -1.65. The van der Waals surface area contributed by atoms with Crippen molar-refractivity contribution in [2.24, 2.45) is 5.41 Å². The van der Waals surface area contributed by atoms with E-state index in [0.29, 0.717) is 25.7 Å². The molecule has 0 amide bonds. The number of esters is 4. The number of ether oxygens (including phenoxy) is 4. The van der Waals surface area contributed by atoms with Gasteiger partial charge in [-0.05, 0) is 25.7 Å². The molecule has 0 atom stereocenters. The predicted molar refractivity (Wildman–Crippen MR) is 111 cm³/mol. The average molecular weight is 431 g/mol. The maximum Gasteiger partial charge on any atom is 0.305 e. The fraction of sp³-hybridized carbons (Fsp3) is 0.818. The van der Waals surface area contributed by atoms with Gasteiger partial charge in [0.15, 0.2) is 0 Å². The van der Waals surface area contributed by atoms with Crippen molar-refractivity contribution in [3.8, 4) is 0 Å². The molecular weight excluding hydrogens is 392 g/mol. The monoisotopic (exact) mass is 430 g/mol. The van der Waals surface area contributed by atoms with E-state index in [4.69, 9.17) is 18.9 Å². The molecule has 174 valence electrons. The van der Waals surface area contributed by atoms with E-state index >= 15 is 0 Å². The summed E-state index contributed by atoms with van der Waals surface area (Å²) in [5, 5.41) is 0. The largest absolute Gasteiger partial charge is 0.465 e. The fourth-order valence-electron chi connectivity index (χ4n) is 2.41. The van der Waals surface area contributed by atoms with Crippen molar-refractivity contribution in [2.75, 3.05) is 26.4 Å². The molecule has 0 aliphatic carbocycles. The van der Waals surface area contributed by atoms with Gasteiger partial charge in [-0.25, -0.2) is 0 Å². The number of hydrogen-bond donors (Lipinski definition) is 0. The van der Waals surface area contributed by atoms with E-state index in [1.165, 1.54) is 0 Å². The van der Waals surface area contributed by atoms with Crippen LogP contribution in [0, 0.1) is 5.41 Å². The third-order valence-corrected chi connectivity index (χ3v) is 4.25. The van der Waals surface area contributed by atoms with Crippen molar-refractivity contribution < 1.29 is 38.1 Å². The van der Waals surface area contributed by atoms with Gasteiger partial charge in [-0.15, -0.1) is 0 Å². The van der Waals surface area contributed by atoms with Gasteiger partial charge in [0, 0.05) is 25.7 Å². The van der Waals surface area contributed by atoms with E-state index in [1.807, 2.05) is 27.7 Å². The Morgan fingerprint density at radius 1 is 0.500 bits per heavy atom. The molecule has 0 unspecified atom stereocenters. The van der Waals surface area contributed by atoms with Gasteiger partial charge in [-0.3, -0.25) is 19.2 Å². The summed E-state index contributed by atoms with van der Waals surface area (Å²) < 4.78 is 21.4. The molecule has 0 bridgehead atoms. The molecule has 0 saturated carbocycles. The van der Waals surface area contributed by atoms with Crippen molar-refractivity contribution in [3.63, 3.8) is 0 Å². The fourth-order valence-corrected chi connectivity index (χ4v) is 2.41. The quantitative estimate of drug-likeness (QED) is 0.254. The van der Waals surface area contributed by atoms with Gasteiger partial charge < -0.3 is 18.9 Å². The van der Waals surface area contributed by atoms with Crippen molar-refractivity contribution in [3.05, 3.63) is 0 Å². The van der Waals surface area contributed by atoms with Crippen molar-refractivity contribution in [1.29, 1.82) is 0 Å². The van der Waals surface area contributed by atoms with Crippen molar-refractivity contribution in [2.45, 2.75) is 85.5 Å². The zero-order chi connectivity index (χ0) is 22.8. The Kier molecular flexibility index (Phi) is 15.5. The third kappa shape index (κ3) is 13.2. The Morgan fingerprint density at radius 3 is 1.07 bits per heavy atom. The van der Waals surface area contributed by atoms with E-state index in [9.17, 15) is 19.2 Å². The minimum absolute atomic E-state index is 0.187. The molecule has 30 heavy (non-hydrogen) atoms. The Hall–Kier alpha value is -2.12. The average Bonchev–Trinajstić information content (AvgIpc) is 2.72. The minimum atomic E-state index is -1.15. The van der Waals surface area contributed by atoms with Gasteiger partial charge in [0.2, 0.25) is 0 Å². The van der Waals surface area contributed by atoms with Crippen molar-refractivity contribution >= 4 is 23.9 Å². The lowest BCUT2D eigenvalue weighted by Gasteiger charge is -2.31. The number of unbranched alkanes of at least 4 members (excludes halogenated alkanes) is 1. The molecule has 0 aliphatic rings. The zero-order valence-corrected chi connectivity index (χ0v) is 19.0. The van der Waals surface area contributed by atoms with E-state index < -0.39 is 29.3 Å². The van der Waals surface area contributed by atoms with Crippen LogP contribution < -0.4 is 0 Å². The van der Waals surface area contributed by atoms with E-state index in [-0.39, 0.29) is 52.1 Å². The van der Waals surface area contributed by atoms with Crippen LogP contribution in [0.4, 0.5) is 0 Å². The summed E-state index contributed by atoms with van der Waals surface area (Å²) in [5.41, 5.74) is -1.15. The first-order valence-electron chi connectivity index (χ1n) is 10.9. The first kappa shape index (κ1) is 27.9. The van der Waals surface area contributed by atoms with Gasteiger partial charge in [0.1, 0.15) is 31.8 Å². The Bertz CT molecular complexity index is 474. The number of rotatable bonds is 17. The van der Waals surface area contributed by atoms with Crippen LogP contribution in [-0.2, 0) is 38.1 Å². The summed E-state index contributed by atoms with van der Waals surface area (Å²) in [6.45, 7) is 6.76. The summed E-state index contributed by atoms with van der Waals surface area (Å²) >= 11 is 0. The molecule has 0 saturated heterocycles. The summed E-state index contributed by atoms with van der Waals surface area (Å²) in [6, 6.07) is 0. The van der Waals surface area contributed by atoms with Gasteiger partial charge in [-0.1, -0.05) is 34.1 Å². The van der Waals surface area contributed by atoms with Crippen LogP contribution >= 0.6 is 0 Å². The van der Waals surface area contributed by atoms with Crippen LogP contribution in [0.3, 0.4) is 0 Å². The van der Waals surface area contributed by atoms with Crippen LogP contribution in [0.25, 0.3) is 0 Å².